The summed E-state index contributed by atoms with van der Waals surface area (Å²) in [4.78, 5) is 7.42. The summed E-state index contributed by atoms with van der Waals surface area (Å²) in [6.45, 7) is 6.17. The maximum Gasteiger partial charge on any atom is 0.132 e. The lowest BCUT2D eigenvalue weighted by molar-refractivity contribution is 0.459. The third-order valence-corrected chi connectivity index (χ3v) is 4.82. The Hall–Kier alpha value is -1.61. The lowest BCUT2D eigenvalue weighted by Gasteiger charge is -2.34. The first-order valence-corrected chi connectivity index (χ1v) is 8.07. The molecule has 1 fully saturated rings. The summed E-state index contributed by atoms with van der Waals surface area (Å²) in [5.74, 6) is 1.75. The van der Waals surface area contributed by atoms with E-state index < -0.39 is 0 Å². The molecule has 2 atom stereocenters. The van der Waals surface area contributed by atoms with Crippen molar-refractivity contribution in [3.63, 3.8) is 0 Å². The molecule has 0 aliphatic heterocycles. The number of aromatic nitrogens is 1. The zero-order chi connectivity index (χ0) is 14.8. The Kier molecular flexibility index (Phi) is 4.11. The summed E-state index contributed by atoms with van der Waals surface area (Å²) in [6, 6.07) is 11.2. The highest BCUT2D eigenvalue weighted by atomic mass is 15.2. The second-order valence-corrected chi connectivity index (χ2v) is 6.10. The van der Waals surface area contributed by atoms with Gasteiger partial charge in [-0.25, -0.2) is 4.98 Å². The molecule has 0 amide bonds. The van der Waals surface area contributed by atoms with Crippen molar-refractivity contribution in [2.75, 3.05) is 18.0 Å². The van der Waals surface area contributed by atoms with Crippen molar-refractivity contribution in [3.8, 4) is 0 Å². The minimum atomic E-state index is 0.548. The van der Waals surface area contributed by atoms with Crippen molar-refractivity contribution >= 4 is 16.7 Å². The smallest absolute Gasteiger partial charge is 0.132 e. The Labute approximate surface area is 127 Å². The molecule has 0 spiro atoms. The topological polar surface area (TPSA) is 42.2 Å². The monoisotopic (exact) mass is 283 g/mol. The van der Waals surface area contributed by atoms with Crippen LogP contribution >= 0.6 is 0 Å². The normalized spacial score (nSPS) is 21.9. The fraction of sp³-hybridized carbons (Fsp3) is 0.500. The molecule has 2 N–H and O–H groups in total. The van der Waals surface area contributed by atoms with Gasteiger partial charge in [-0.15, -0.1) is 0 Å². The van der Waals surface area contributed by atoms with Gasteiger partial charge in [0, 0.05) is 18.0 Å². The largest absolute Gasteiger partial charge is 0.353 e. The Balaban J connectivity index is 2.02. The predicted molar refractivity (Wildman–Crippen MR) is 89.7 cm³/mol. The van der Waals surface area contributed by atoms with E-state index in [1.165, 1.54) is 30.2 Å². The Bertz CT molecular complexity index is 623. The molecule has 0 radical (unpaired) electrons. The third-order valence-electron chi connectivity index (χ3n) is 4.82. The average Bonchev–Trinajstić information content (AvgIpc) is 2.97. The summed E-state index contributed by atoms with van der Waals surface area (Å²) < 4.78 is 0. The van der Waals surface area contributed by atoms with Gasteiger partial charge in [-0.1, -0.05) is 24.6 Å². The molecule has 2 aromatic rings. The summed E-state index contributed by atoms with van der Waals surface area (Å²) in [7, 11) is 0. The van der Waals surface area contributed by atoms with E-state index in [1.807, 2.05) is 0 Å². The van der Waals surface area contributed by atoms with E-state index in [1.54, 1.807) is 0 Å². The molecule has 112 valence electrons. The van der Waals surface area contributed by atoms with Gasteiger partial charge in [0.2, 0.25) is 0 Å². The average molecular weight is 283 g/mol. The minimum absolute atomic E-state index is 0.548. The van der Waals surface area contributed by atoms with Gasteiger partial charge >= 0.3 is 0 Å². The number of hydrogen-bond acceptors (Lipinski definition) is 3. The number of benzene rings is 1. The lowest BCUT2D eigenvalue weighted by atomic mass is 10.0. The van der Waals surface area contributed by atoms with Crippen molar-refractivity contribution in [1.82, 2.24) is 4.98 Å². The van der Waals surface area contributed by atoms with Crippen LogP contribution < -0.4 is 10.6 Å². The second-order valence-electron chi connectivity index (χ2n) is 6.10. The van der Waals surface area contributed by atoms with Crippen LogP contribution in [0.25, 0.3) is 10.9 Å². The van der Waals surface area contributed by atoms with E-state index in [0.29, 0.717) is 12.0 Å². The van der Waals surface area contributed by atoms with Crippen LogP contribution in [0.1, 0.15) is 31.7 Å². The van der Waals surface area contributed by atoms with Crippen LogP contribution in [0.15, 0.2) is 30.3 Å². The van der Waals surface area contributed by atoms with E-state index in [2.05, 4.69) is 49.1 Å². The van der Waals surface area contributed by atoms with Gasteiger partial charge in [0.25, 0.3) is 0 Å². The summed E-state index contributed by atoms with van der Waals surface area (Å²) in [5, 5.41) is 1.22. The second kappa shape index (κ2) is 6.02. The van der Waals surface area contributed by atoms with Crippen LogP contribution in [0, 0.1) is 12.8 Å². The Morgan fingerprint density at radius 1 is 1.29 bits per heavy atom. The summed E-state index contributed by atoms with van der Waals surface area (Å²) in [6.07, 6.45) is 3.78. The van der Waals surface area contributed by atoms with Crippen molar-refractivity contribution in [2.24, 2.45) is 11.7 Å². The molecule has 3 nitrogen and oxygen atoms in total. The van der Waals surface area contributed by atoms with Crippen LogP contribution in [0.4, 0.5) is 5.82 Å². The van der Waals surface area contributed by atoms with Crippen LogP contribution in [0.3, 0.4) is 0 Å². The molecule has 3 heteroatoms. The van der Waals surface area contributed by atoms with Gasteiger partial charge in [0.1, 0.15) is 5.82 Å². The lowest BCUT2D eigenvalue weighted by Crippen LogP contribution is -2.41. The first-order valence-electron chi connectivity index (χ1n) is 8.07. The number of pyridine rings is 1. The summed E-state index contributed by atoms with van der Waals surface area (Å²) >= 11 is 0. The highest BCUT2D eigenvalue weighted by molar-refractivity contribution is 5.81. The highest BCUT2D eigenvalue weighted by Gasteiger charge is 2.31. The molecule has 0 saturated heterocycles. The predicted octanol–water partition coefficient (Wildman–Crippen LogP) is 3.50. The Morgan fingerprint density at radius 3 is 2.86 bits per heavy atom. The first-order chi connectivity index (χ1) is 10.2. The van der Waals surface area contributed by atoms with Crippen LogP contribution in [0.5, 0.6) is 0 Å². The van der Waals surface area contributed by atoms with Crippen LogP contribution in [-0.2, 0) is 0 Å². The van der Waals surface area contributed by atoms with E-state index >= 15 is 0 Å². The van der Waals surface area contributed by atoms with Gasteiger partial charge in [-0.2, -0.15) is 0 Å². The molecule has 1 aromatic heterocycles. The third kappa shape index (κ3) is 2.62. The SMILES string of the molecule is CCN(c1nc2ccccc2cc1C)C1CCCC1CN. The molecule has 1 saturated carbocycles. The van der Waals surface area contributed by atoms with E-state index in [0.717, 1.165) is 24.4 Å². The minimum Gasteiger partial charge on any atom is -0.353 e. The van der Waals surface area contributed by atoms with E-state index in [4.69, 9.17) is 10.7 Å². The highest BCUT2D eigenvalue weighted by Crippen LogP contribution is 2.33. The molecular formula is C18H25N3. The van der Waals surface area contributed by atoms with Crippen LogP contribution in [-0.4, -0.2) is 24.1 Å². The maximum atomic E-state index is 5.98. The molecule has 1 aliphatic carbocycles. The summed E-state index contributed by atoms with van der Waals surface area (Å²) in [5.41, 5.74) is 8.32. The zero-order valence-corrected chi connectivity index (χ0v) is 13.0. The molecule has 2 unspecified atom stereocenters. The number of fused-ring (bicyclic) bond motifs is 1. The fourth-order valence-corrected chi connectivity index (χ4v) is 3.75. The number of rotatable bonds is 4. The molecule has 1 aliphatic rings. The Morgan fingerprint density at radius 2 is 2.10 bits per heavy atom. The quantitative estimate of drug-likeness (QED) is 0.934. The molecule has 0 bridgehead atoms. The molecular weight excluding hydrogens is 258 g/mol. The van der Waals surface area contributed by atoms with Gasteiger partial charge < -0.3 is 10.6 Å². The van der Waals surface area contributed by atoms with Crippen LogP contribution in [0.2, 0.25) is 0 Å². The van der Waals surface area contributed by atoms with Gasteiger partial charge in [0.05, 0.1) is 5.52 Å². The number of nitrogens with zero attached hydrogens (tertiary/aromatic N) is 2. The first kappa shape index (κ1) is 14.3. The molecule has 1 aromatic carbocycles. The van der Waals surface area contributed by atoms with Gasteiger partial charge in [0.15, 0.2) is 0 Å². The molecule has 1 heterocycles. The number of hydrogen-bond donors (Lipinski definition) is 1. The fourth-order valence-electron chi connectivity index (χ4n) is 3.75. The molecule has 3 rings (SSSR count). The number of anilines is 1. The number of aryl methyl sites for hydroxylation is 1. The maximum absolute atomic E-state index is 5.98. The number of nitrogens with two attached hydrogens (primary N) is 1. The van der Waals surface area contributed by atoms with E-state index in [9.17, 15) is 0 Å². The molecule has 21 heavy (non-hydrogen) atoms. The van der Waals surface area contributed by atoms with Crippen molar-refractivity contribution in [2.45, 2.75) is 39.2 Å². The van der Waals surface area contributed by atoms with Crippen molar-refractivity contribution in [3.05, 3.63) is 35.9 Å². The van der Waals surface area contributed by atoms with Crippen molar-refractivity contribution in [1.29, 1.82) is 0 Å². The van der Waals surface area contributed by atoms with Crippen molar-refractivity contribution < 1.29 is 0 Å². The number of para-hydroxylation sites is 1. The van der Waals surface area contributed by atoms with E-state index in [-0.39, 0.29) is 0 Å². The standard InChI is InChI=1S/C18H25N3/c1-3-21(17-10-6-8-15(17)12-19)18-13(2)11-14-7-4-5-9-16(14)20-18/h4-5,7,9,11,15,17H,3,6,8,10,12,19H2,1-2H3. The van der Waals surface area contributed by atoms with Gasteiger partial charge in [-0.05, 0) is 56.8 Å². The van der Waals surface area contributed by atoms with Gasteiger partial charge in [-0.3, -0.25) is 0 Å². The zero-order valence-electron chi connectivity index (χ0n) is 13.0.